The van der Waals surface area contributed by atoms with Crippen molar-refractivity contribution in [1.29, 1.82) is 21.0 Å². The summed E-state index contributed by atoms with van der Waals surface area (Å²) in [5.74, 6) is -0.479. The van der Waals surface area contributed by atoms with E-state index in [-0.39, 0.29) is 46.5 Å². The second kappa shape index (κ2) is 8.92. The number of aromatic nitrogens is 4. The maximum Gasteiger partial charge on any atom is 0.214 e. The molecular formula is C27H10N8O2. The highest BCUT2D eigenvalue weighted by Crippen LogP contribution is 2.35. The van der Waals surface area contributed by atoms with Crippen molar-refractivity contribution in [2.45, 2.75) is 6.42 Å². The summed E-state index contributed by atoms with van der Waals surface area (Å²) < 4.78 is 0. The quantitative estimate of drug-likeness (QED) is 0.340. The number of hydrogen-bond acceptors (Lipinski definition) is 10. The van der Waals surface area contributed by atoms with Crippen LogP contribution in [-0.2, 0) is 6.42 Å². The molecule has 0 saturated carbocycles. The molecule has 6 rings (SSSR count). The predicted octanol–water partition coefficient (Wildman–Crippen LogP) is 3.06. The summed E-state index contributed by atoms with van der Waals surface area (Å²) in [5, 5.41) is 35.5. The minimum Gasteiger partial charge on any atom is -0.287 e. The lowest BCUT2D eigenvalue weighted by molar-refractivity contribution is 0.103. The molecule has 2 aromatic carbocycles. The summed E-state index contributed by atoms with van der Waals surface area (Å²) >= 11 is 0. The molecule has 2 aromatic heterocycles. The van der Waals surface area contributed by atoms with E-state index in [1.807, 2.05) is 24.3 Å². The zero-order valence-electron chi connectivity index (χ0n) is 18.7. The van der Waals surface area contributed by atoms with Gasteiger partial charge in [-0.1, -0.05) is 48.5 Å². The van der Waals surface area contributed by atoms with Crippen molar-refractivity contribution in [1.82, 2.24) is 19.9 Å². The van der Waals surface area contributed by atoms with Gasteiger partial charge in [0.2, 0.25) is 11.6 Å². The standard InChI is InChI=1S/C14H6N4O.C13H4N4O/c15-6-5-10-11(7-16)18-13-12(17-10)8-3-1-2-4-9(8)14(13)19;14-5-9-10(6-15)17-12-11(16-9)7-3-1-2-4-8(7)13(12)18/h1-4H,5H2;1-4H. The molecule has 0 atom stereocenters. The van der Waals surface area contributed by atoms with Crippen molar-refractivity contribution >= 4 is 11.6 Å². The number of carbonyl (C=O) groups excluding carboxylic acids is 2. The Bertz CT molecular complexity index is 1850. The Labute approximate surface area is 209 Å². The predicted molar refractivity (Wildman–Crippen MR) is 125 cm³/mol. The van der Waals surface area contributed by atoms with Crippen LogP contribution in [0.3, 0.4) is 0 Å². The van der Waals surface area contributed by atoms with Crippen molar-refractivity contribution in [3.8, 4) is 46.8 Å². The maximum atomic E-state index is 12.1. The molecule has 37 heavy (non-hydrogen) atoms. The topological polar surface area (TPSA) is 181 Å². The Morgan fingerprint density at radius 2 is 0.946 bits per heavy atom. The normalized spacial score (nSPS) is 11.4. The fraction of sp³-hybridized carbons (Fsp3) is 0.0370. The number of benzene rings is 2. The minimum absolute atomic E-state index is 0.000466. The van der Waals surface area contributed by atoms with Gasteiger partial charge < -0.3 is 0 Å². The van der Waals surface area contributed by atoms with Crippen LogP contribution in [0.25, 0.3) is 22.5 Å². The van der Waals surface area contributed by atoms with E-state index >= 15 is 0 Å². The van der Waals surface area contributed by atoms with Gasteiger partial charge in [-0.25, -0.2) is 19.9 Å². The van der Waals surface area contributed by atoms with Crippen LogP contribution in [0.1, 0.15) is 54.9 Å². The smallest absolute Gasteiger partial charge is 0.214 e. The third kappa shape index (κ3) is 3.56. The third-order valence-electron chi connectivity index (χ3n) is 5.71. The van der Waals surface area contributed by atoms with E-state index in [0.717, 1.165) is 0 Å². The average molecular weight is 478 g/mol. The Morgan fingerprint density at radius 3 is 1.41 bits per heavy atom. The molecule has 0 N–H and O–H groups in total. The zero-order chi connectivity index (χ0) is 26.1. The SMILES string of the molecule is N#CCc1nc2c(nc1C#N)C(=O)c1ccccc1-2.N#Cc1nc2c(nc1C#N)-c1ccccc1C2=O. The molecule has 0 aliphatic heterocycles. The van der Waals surface area contributed by atoms with Gasteiger partial charge in [-0.05, 0) is 0 Å². The fourth-order valence-electron chi connectivity index (χ4n) is 4.07. The maximum absolute atomic E-state index is 12.1. The van der Waals surface area contributed by atoms with Gasteiger partial charge in [0.05, 0.1) is 18.2 Å². The molecular weight excluding hydrogens is 468 g/mol. The van der Waals surface area contributed by atoms with Crippen LogP contribution in [0.5, 0.6) is 0 Å². The van der Waals surface area contributed by atoms with E-state index in [1.165, 1.54) is 0 Å². The zero-order valence-corrected chi connectivity index (χ0v) is 18.7. The second-order valence-corrected chi connectivity index (χ2v) is 7.75. The number of carbonyl (C=O) groups is 2. The van der Waals surface area contributed by atoms with Gasteiger partial charge in [-0.2, -0.15) is 21.0 Å². The number of nitriles is 4. The molecule has 0 saturated heterocycles. The Kier molecular flexibility index (Phi) is 5.47. The number of fused-ring (bicyclic) bond motifs is 6. The van der Waals surface area contributed by atoms with Gasteiger partial charge in [0, 0.05) is 22.3 Å². The molecule has 0 unspecified atom stereocenters. The molecule has 2 aliphatic rings. The first-order valence-corrected chi connectivity index (χ1v) is 10.7. The molecule has 0 amide bonds. The highest BCUT2D eigenvalue weighted by atomic mass is 16.1. The van der Waals surface area contributed by atoms with Crippen LogP contribution in [0.15, 0.2) is 48.5 Å². The summed E-state index contributed by atoms with van der Waals surface area (Å²) in [6, 6.07) is 21.5. The van der Waals surface area contributed by atoms with Gasteiger partial charge in [-0.3, -0.25) is 9.59 Å². The average Bonchev–Trinajstić information content (AvgIpc) is 3.38. The van der Waals surface area contributed by atoms with Gasteiger partial charge in [0.1, 0.15) is 41.0 Å². The second-order valence-electron chi connectivity index (χ2n) is 7.75. The molecule has 10 heteroatoms. The molecule has 10 nitrogen and oxygen atoms in total. The van der Waals surface area contributed by atoms with E-state index < -0.39 is 0 Å². The molecule has 0 radical (unpaired) electrons. The number of hydrogen-bond donors (Lipinski definition) is 0. The highest BCUT2D eigenvalue weighted by Gasteiger charge is 2.32. The third-order valence-corrected chi connectivity index (χ3v) is 5.71. The molecule has 0 fully saturated rings. The van der Waals surface area contributed by atoms with Crippen molar-refractivity contribution in [2.24, 2.45) is 0 Å². The van der Waals surface area contributed by atoms with Crippen LogP contribution in [0.2, 0.25) is 0 Å². The fourth-order valence-corrected chi connectivity index (χ4v) is 4.07. The Morgan fingerprint density at radius 1 is 0.541 bits per heavy atom. The van der Waals surface area contributed by atoms with Gasteiger partial charge >= 0.3 is 0 Å². The molecule has 0 bridgehead atoms. The first-order valence-electron chi connectivity index (χ1n) is 10.7. The van der Waals surface area contributed by atoms with Crippen LogP contribution >= 0.6 is 0 Å². The van der Waals surface area contributed by atoms with E-state index in [0.29, 0.717) is 39.3 Å². The lowest BCUT2D eigenvalue weighted by Gasteiger charge is -2.02. The summed E-state index contributed by atoms with van der Waals surface area (Å²) in [6.45, 7) is 0. The molecule has 4 aromatic rings. The van der Waals surface area contributed by atoms with Crippen LogP contribution in [0, 0.1) is 45.3 Å². The molecule has 2 aliphatic carbocycles. The molecule has 0 spiro atoms. The first kappa shape index (κ1) is 22.7. The summed E-state index contributed by atoms with van der Waals surface area (Å²) in [7, 11) is 0. The Hall–Kier alpha value is -6.10. The summed E-state index contributed by atoms with van der Waals surface area (Å²) in [4.78, 5) is 40.6. The van der Waals surface area contributed by atoms with E-state index in [2.05, 4.69) is 19.9 Å². The van der Waals surface area contributed by atoms with Crippen LogP contribution in [-0.4, -0.2) is 31.5 Å². The number of nitrogens with zero attached hydrogens (tertiary/aromatic N) is 8. The number of rotatable bonds is 1. The largest absolute Gasteiger partial charge is 0.287 e. The van der Waals surface area contributed by atoms with Crippen molar-refractivity contribution in [3.05, 3.63) is 93.8 Å². The van der Waals surface area contributed by atoms with Crippen LogP contribution < -0.4 is 0 Å². The summed E-state index contributed by atoms with van der Waals surface area (Å²) in [6.07, 6.45) is -0.000466. The monoisotopic (exact) mass is 478 g/mol. The summed E-state index contributed by atoms with van der Waals surface area (Å²) in [5.41, 5.74) is 3.78. The first-order chi connectivity index (χ1) is 18.0. The number of ketones is 2. The molecule has 170 valence electrons. The van der Waals surface area contributed by atoms with E-state index in [4.69, 9.17) is 21.0 Å². The van der Waals surface area contributed by atoms with E-state index in [1.54, 1.807) is 48.5 Å². The lowest BCUT2D eigenvalue weighted by Crippen LogP contribution is -2.05. The van der Waals surface area contributed by atoms with Crippen molar-refractivity contribution < 1.29 is 9.59 Å². The minimum atomic E-state index is -0.255. The lowest BCUT2D eigenvalue weighted by atomic mass is 10.1. The van der Waals surface area contributed by atoms with Crippen molar-refractivity contribution in [3.63, 3.8) is 0 Å². The van der Waals surface area contributed by atoms with Crippen molar-refractivity contribution in [2.75, 3.05) is 0 Å². The Balaban J connectivity index is 0.000000152. The van der Waals surface area contributed by atoms with Gasteiger partial charge in [0.25, 0.3) is 0 Å². The van der Waals surface area contributed by atoms with Gasteiger partial charge in [-0.15, -0.1) is 0 Å². The highest BCUT2D eigenvalue weighted by molar-refractivity contribution is 6.20. The van der Waals surface area contributed by atoms with Gasteiger partial charge in [0.15, 0.2) is 17.1 Å². The molecule has 2 heterocycles. The van der Waals surface area contributed by atoms with Crippen LogP contribution in [0.4, 0.5) is 0 Å². The van der Waals surface area contributed by atoms with E-state index in [9.17, 15) is 9.59 Å².